The first-order chi connectivity index (χ1) is 7.68. The van der Waals surface area contributed by atoms with Gasteiger partial charge < -0.3 is 5.32 Å². The van der Waals surface area contributed by atoms with Crippen molar-refractivity contribution < 1.29 is 0 Å². The van der Waals surface area contributed by atoms with Gasteiger partial charge in [0.1, 0.15) is 0 Å². The molecule has 1 heterocycles. The van der Waals surface area contributed by atoms with Crippen LogP contribution >= 0.6 is 33.9 Å². The molecule has 0 bridgehead atoms. The fourth-order valence-electron chi connectivity index (χ4n) is 1.51. The van der Waals surface area contributed by atoms with Gasteiger partial charge >= 0.3 is 0 Å². The number of anilines is 1. The summed E-state index contributed by atoms with van der Waals surface area (Å²) in [7, 11) is 0. The number of halogens is 1. The van der Waals surface area contributed by atoms with Crippen molar-refractivity contribution in [3.63, 3.8) is 0 Å². The molecule has 2 aromatic rings. The summed E-state index contributed by atoms with van der Waals surface area (Å²) in [6, 6.07) is 6.56. The van der Waals surface area contributed by atoms with Gasteiger partial charge in [0.25, 0.3) is 0 Å². The van der Waals surface area contributed by atoms with Gasteiger partial charge in [-0.2, -0.15) is 0 Å². The molecule has 0 aliphatic rings. The fraction of sp³-hybridized carbons (Fsp3) is 0.250. The Hall–Kier alpha value is -0.620. The van der Waals surface area contributed by atoms with Crippen LogP contribution in [-0.2, 0) is 0 Å². The van der Waals surface area contributed by atoms with Crippen LogP contribution in [-0.4, -0.2) is 4.98 Å². The Morgan fingerprint density at radius 2 is 2.25 bits per heavy atom. The highest BCUT2D eigenvalue weighted by atomic mass is 127. The number of hydrogen-bond acceptors (Lipinski definition) is 3. The summed E-state index contributed by atoms with van der Waals surface area (Å²) in [5.41, 5.74) is 5.45. The minimum Gasteiger partial charge on any atom is -0.377 e. The van der Waals surface area contributed by atoms with E-state index in [1.54, 1.807) is 11.3 Å². The predicted molar refractivity (Wildman–Crippen MR) is 78.0 cm³/mol. The van der Waals surface area contributed by atoms with Gasteiger partial charge in [0.05, 0.1) is 17.2 Å². The second-order valence-corrected chi connectivity index (χ2v) is 5.57. The lowest BCUT2D eigenvalue weighted by Gasteiger charge is -2.15. The number of nitrogens with zero attached hydrogens (tertiary/aromatic N) is 1. The zero-order chi connectivity index (χ0) is 11.5. The molecule has 2 nitrogen and oxygen atoms in total. The quantitative estimate of drug-likeness (QED) is 0.843. The molecule has 0 fully saturated rings. The van der Waals surface area contributed by atoms with Gasteiger partial charge in [-0.3, -0.25) is 0 Å². The topological polar surface area (TPSA) is 24.9 Å². The Balaban J connectivity index is 2.18. The van der Waals surface area contributed by atoms with E-state index in [1.165, 1.54) is 14.8 Å². The van der Waals surface area contributed by atoms with Crippen LogP contribution in [0.15, 0.2) is 29.1 Å². The third kappa shape index (κ3) is 2.55. The molecule has 2 rings (SSSR count). The molecule has 1 aromatic carbocycles. The van der Waals surface area contributed by atoms with Crippen molar-refractivity contribution in [2.75, 3.05) is 5.32 Å². The number of benzene rings is 1. The summed E-state index contributed by atoms with van der Waals surface area (Å²) < 4.78 is 1.29. The van der Waals surface area contributed by atoms with E-state index < -0.39 is 0 Å². The van der Waals surface area contributed by atoms with Crippen molar-refractivity contribution >= 4 is 39.6 Å². The Kier molecular flexibility index (Phi) is 3.81. The molecule has 0 aliphatic heterocycles. The molecule has 0 spiro atoms. The average molecular weight is 344 g/mol. The van der Waals surface area contributed by atoms with Crippen molar-refractivity contribution in [1.82, 2.24) is 4.98 Å². The van der Waals surface area contributed by atoms with Crippen LogP contribution in [0.2, 0.25) is 0 Å². The molecule has 0 saturated heterocycles. The average Bonchev–Trinajstić information content (AvgIpc) is 2.78. The standard InChI is InChI=1S/C12H13IN2S/c1-8-10(13)4-3-5-11(8)15-9(2)12-6-16-7-14-12/h3-7,9,15H,1-2H3. The molecule has 0 saturated carbocycles. The molecule has 1 atom stereocenters. The van der Waals surface area contributed by atoms with Gasteiger partial charge in [0, 0.05) is 14.6 Å². The molecule has 0 aliphatic carbocycles. The second kappa shape index (κ2) is 5.14. The molecule has 84 valence electrons. The maximum absolute atomic E-state index is 4.32. The third-order valence-corrected chi connectivity index (χ3v) is 4.31. The minimum absolute atomic E-state index is 0.253. The van der Waals surface area contributed by atoms with Crippen molar-refractivity contribution in [3.8, 4) is 0 Å². The molecule has 1 unspecified atom stereocenters. The largest absolute Gasteiger partial charge is 0.377 e. The molecule has 1 aromatic heterocycles. The van der Waals surface area contributed by atoms with Crippen LogP contribution < -0.4 is 5.32 Å². The summed E-state index contributed by atoms with van der Waals surface area (Å²) in [6.45, 7) is 4.27. The molecular formula is C12H13IN2S. The van der Waals surface area contributed by atoms with E-state index in [0.29, 0.717) is 0 Å². The van der Waals surface area contributed by atoms with Crippen LogP contribution in [0.1, 0.15) is 24.2 Å². The summed E-state index contributed by atoms with van der Waals surface area (Å²) in [4.78, 5) is 4.32. The molecule has 1 N–H and O–H groups in total. The van der Waals surface area contributed by atoms with E-state index in [0.717, 1.165) is 5.69 Å². The van der Waals surface area contributed by atoms with Crippen LogP contribution in [0.25, 0.3) is 0 Å². The third-order valence-electron chi connectivity index (χ3n) is 2.53. The maximum atomic E-state index is 4.32. The van der Waals surface area contributed by atoms with E-state index in [2.05, 4.69) is 70.3 Å². The smallest absolute Gasteiger partial charge is 0.0795 e. The Morgan fingerprint density at radius 3 is 2.94 bits per heavy atom. The van der Waals surface area contributed by atoms with Crippen LogP contribution in [0.3, 0.4) is 0 Å². The number of thiazole rings is 1. The van der Waals surface area contributed by atoms with Gasteiger partial charge in [0.15, 0.2) is 0 Å². The lowest BCUT2D eigenvalue weighted by Crippen LogP contribution is -2.08. The van der Waals surface area contributed by atoms with Gasteiger partial charge in [-0.05, 0) is 54.1 Å². The van der Waals surface area contributed by atoms with Crippen molar-refractivity contribution in [3.05, 3.63) is 43.9 Å². The van der Waals surface area contributed by atoms with E-state index >= 15 is 0 Å². The summed E-state index contributed by atoms with van der Waals surface area (Å²) >= 11 is 3.99. The SMILES string of the molecule is Cc1c(I)cccc1NC(C)c1cscn1. The van der Waals surface area contributed by atoms with Gasteiger partial charge in [-0.15, -0.1) is 11.3 Å². The molecular weight excluding hydrogens is 331 g/mol. The highest BCUT2D eigenvalue weighted by Crippen LogP contribution is 2.24. The highest BCUT2D eigenvalue weighted by Gasteiger charge is 2.09. The monoisotopic (exact) mass is 344 g/mol. The van der Waals surface area contributed by atoms with Crippen LogP contribution in [0.5, 0.6) is 0 Å². The normalized spacial score (nSPS) is 12.4. The fourth-order valence-corrected chi connectivity index (χ4v) is 2.65. The Labute approximate surface area is 113 Å². The van der Waals surface area contributed by atoms with Crippen molar-refractivity contribution in [2.24, 2.45) is 0 Å². The number of rotatable bonds is 3. The van der Waals surface area contributed by atoms with E-state index in [1.807, 2.05) is 5.51 Å². The summed E-state index contributed by atoms with van der Waals surface area (Å²) in [6.07, 6.45) is 0. The highest BCUT2D eigenvalue weighted by molar-refractivity contribution is 14.1. The Morgan fingerprint density at radius 1 is 1.44 bits per heavy atom. The van der Waals surface area contributed by atoms with E-state index in [9.17, 15) is 0 Å². The van der Waals surface area contributed by atoms with Crippen LogP contribution in [0, 0.1) is 10.5 Å². The molecule has 4 heteroatoms. The minimum atomic E-state index is 0.253. The number of nitrogens with one attached hydrogen (secondary N) is 1. The zero-order valence-corrected chi connectivity index (χ0v) is 12.2. The predicted octanol–water partition coefficient (Wildman–Crippen LogP) is 4.23. The number of aromatic nitrogens is 1. The maximum Gasteiger partial charge on any atom is 0.0795 e. The summed E-state index contributed by atoms with van der Waals surface area (Å²) in [5.74, 6) is 0. The molecule has 0 radical (unpaired) electrons. The lowest BCUT2D eigenvalue weighted by atomic mass is 10.1. The first-order valence-corrected chi connectivity index (χ1v) is 7.10. The Bertz CT molecular complexity index is 468. The van der Waals surface area contributed by atoms with Crippen molar-refractivity contribution in [1.29, 1.82) is 0 Å². The van der Waals surface area contributed by atoms with E-state index in [4.69, 9.17) is 0 Å². The first kappa shape index (κ1) is 11.9. The molecule has 16 heavy (non-hydrogen) atoms. The van der Waals surface area contributed by atoms with Gasteiger partial charge in [-0.1, -0.05) is 6.07 Å². The van der Waals surface area contributed by atoms with Crippen LogP contribution in [0.4, 0.5) is 5.69 Å². The molecule has 0 amide bonds. The first-order valence-electron chi connectivity index (χ1n) is 5.08. The summed E-state index contributed by atoms with van der Waals surface area (Å²) in [5, 5.41) is 5.58. The zero-order valence-electron chi connectivity index (χ0n) is 9.20. The lowest BCUT2D eigenvalue weighted by molar-refractivity contribution is 0.848. The van der Waals surface area contributed by atoms with Crippen molar-refractivity contribution in [2.45, 2.75) is 19.9 Å². The van der Waals surface area contributed by atoms with E-state index in [-0.39, 0.29) is 6.04 Å². The van der Waals surface area contributed by atoms with Gasteiger partial charge in [-0.25, -0.2) is 4.98 Å². The number of hydrogen-bond donors (Lipinski definition) is 1. The second-order valence-electron chi connectivity index (χ2n) is 3.69. The van der Waals surface area contributed by atoms with Gasteiger partial charge in [0.2, 0.25) is 0 Å².